The number of fused-ring (bicyclic) bond motifs is 1. The molecule has 5 heteroatoms. The van der Waals surface area contributed by atoms with E-state index in [0.29, 0.717) is 13.0 Å². The van der Waals surface area contributed by atoms with Gasteiger partial charge in [0.1, 0.15) is 6.04 Å². The number of hydrogen-bond acceptors (Lipinski definition) is 2. The summed E-state index contributed by atoms with van der Waals surface area (Å²) in [4.78, 5) is 25.1. The van der Waals surface area contributed by atoms with Crippen LogP contribution in [0.4, 0.5) is 4.79 Å². The highest BCUT2D eigenvalue weighted by Gasteiger charge is 2.35. The van der Waals surface area contributed by atoms with Crippen LogP contribution in [0.5, 0.6) is 0 Å². The second-order valence-electron chi connectivity index (χ2n) is 6.13. The van der Waals surface area contributed by atoms with Gasteiger partial charge in [0.05, 0.1) is 0 Å². The van der Waals surface area contributed by atoms with Gasteiger partial charge in [0, 0.05) is 18.5 Å². The molecule has 108 valence electrons. The SMILES string of the molecule is CC(C)(C)NC(=O)N1Cc2ccccc2C[C@@H]1C(=O)O. The second kappa shape index (κ2) is 5.15. The van der Waals surface area contributed by atoms with Crippen molar-refractivity contribution >= 4 is 12.0 Å². The van der Waals surface area contributed by atoms with E-state index in [4.69, 9.17) is 0 Å². The topological polar surface area (TPSA) is 69.6 Å². The molecule has 2 amide bonds. The Hall–Kier alpha value is -2.04. The molecule has 2 N–H and O–H groups in total. The van der Waals surface area contributed by atoms with Crippen LogP contribution in [0.15, 0.2) is 24.3 Å². The highest BCUT2D eigenvalue weighted by atomic mass is 16.4. The molecule has 1 heterocycles. The van der Waals surface area contributed by atoms with Gasteiger partial charge in [-0.25, -0.2) is 9.59 Å². The summed E-state index contributed by atoms with van der Waals surface area (Å²) in [6.07, 6.45) is 0.350. The number of hydrogen-bond donors (Lipinski definition) is 2. The molecule has 5 nitrogen and oxygen atoms in total. The van der Waals surface area contributed by atoms with E-state index in [9.17, 15) is 14.7 Å². The van der Waals surface area contributed by atoms with Crippen molar-refractivity contribution < 1.29 is 14.7 Å². The first-order valence-electron chi connectivity index (χ1n) is 6.66. The first-order valence-corrected chi connectivity index (χ1v) is 6.66. The van der Waals surface area contributed by atoms with Crippen LogP contribution < -0.4 is 5.32 Å². The zero-order chi connectivity index (χ0) is 14.9. The molecule has 20 heavy (non-hydrogen) atoms. The Bertz CT molecular complexity index is 534. The van der Waals surface area contributed by atoms with Crippen LogP contribution in [-0.2, 0) is 17.8 Å². The molecule has 0 fully saturated rings. The number of carbonyl (C=O) groups excluding carboxylic acids is 1. The molecule has 0 aromatic heterocycles. The van der Waals surface area contributed by atoms with Crippen molar-refractivity contribution in [2.45, 2.75) is 45.3 Å². The van der Waals surface area contributed by atoms with Crippen molar-refractivity contribution in [3.05, 3.63) is 35.4 Å². The molecule has 0 saturated carbocycles. The van der Waals surface area contributed by atoms with Gasteiger partial charge in [0.2, 0.25) is 0 Å². The Morgan fingerprint density at radius 1 is 1.25 bits per heavy atom. The summed E-state index contributed by atoms with van der Waals surface area (Å²) < 4.78 is 0. The average molecular weight is 276 g/mol. The second-order valence-corrected chi connectivity index (χ2v) is 6.13. The number of benzene rings is 1. The van der Waals surface area contributed by atoms with Crippen molar-refractivity contribution in [1.29, 1.82) is 0 Å². The third-order valence-corrected chi connectivity index (χ3v) is 3.28. The number of urea groups is 1. The van der Waals surface area contributed by atoms with Gasteiger partial charge < -0.3 is 15.3 Å². The van der Waals surface area contributed by atoms with Gasteiger partial charge in [-0.05, 0) is 31.9 Å². The number of carboxylic acid groups (broad SMARTS) is 1. The van der Waals surface area contributed by atoms with Crippen molar-refractivity contribution in [2.75, 3.05) is 0 Å². The van der Waals surface area contributed by atoms with Crippen molar-refractivity contribution in [2.24, 2.45) is 0 Å². The van der Waals surface area contributed by atoms with Gasteiger partial charge in [0.25, 0.3) is 0 Å². The standard InChI is InChI=1S/C15H20N2O3/c1-15(2,3)16-14(20)17-9-11-7-5-4-6-10(11)8-12(17)13(18)19/h4-7,12H,8-9H2,1-3H3,(H,16,20)(H,18,19)/t12-/m1/s1. The number of nitrogens with zero attached hydrogens (tertiary/aromatic N) is 1. The number of nitrogens with one attached hydrogen (secondary N) is 1. The minimum atomic E-state index is -0.969. The Balaban J connectivity index is 2.27. The van der Waals surface area contributed by atoms with Crippen molar-refractivity contribution in [3.63, 3.8) is 0 Å². The highest BCUT2D eigenvalue weighted by Crippen LogP contribution is 2.23. The molecule has 0 saturated heterocycles. The van der Waals surface area contributed by atoms with E-state index < -0.39 is 17.6 Å². The molecule has 1 aliphatic heterocycles. The lowest BCUT2D eigenvalue weighted by molar-refractivity contribution is -0.142. The third kappa shape index (κ3) is 3.10. The lowest BCUT2D eigenvalue weighted by atomic mass is 9.94. The predicted molar refractivity (Wildman–Crippen MR) is 75.4 cm³/mol. The van der Waals surface area contributed by atoms with Gasteiger partial charge >= 0.3 is 12.0 Å². The largest absolute Gasteiger partial charge is 0.480 e. The summed E-state index contributed by atoms with van der Waals surface area (Å²) in [7, 11) is 0. The molecule has 1 aliphatic rings. The third-order valence-electron chi connectivity index (χ3n) is 3.28. The summed E-state index contributed by atoms with van der Waals surface area (Å²) in [5.74, 6) is -0.969. The predicted octanol–water partition coefficient (Wildman–Crippen LogP) is 2.01. The summed E-state index contributed by atoms with van der Waals surface area (Å²) in [5.41, 5.74) is 1.62. The van der Waals surface area contributed by atoms with Gasteiger partial charge in [-0.15, -0.1) is 0 Å². The fourth-order valence-corrected chi connectivity index (χ4v) is 2.35. The molecule has 0 aliphatic carbocycles. The minimum absolute atomic E-state index is 0.328. The van der Waals surface area contributed by atoms with Gasteiger partial charge in [-0.2, -0.15) is 0 Å². The molecule has 1 aromatic carbocycles. The maximum atomic E-state index is 12.3. The number of carbonyl (C=O) groups is 2. The van der Waals surface area contributed by atoms with Crippen LogP contribution >= 0.6 is 0 Å². The number of carboxylic acids is 1. The van der Waals surface area contributed by atoms with Crippen LogP contribution in [0, 0.1) is 0 Å². The van der Waals surface area contributed by atoms with E-state index in [0.717, 1.165) is 11.1 Å². The maximum Gasteiger partial charge on any atom is 0.326 e. The first-order chi connectivity index (χ1) is 9.28. The van der Waals surface area contributed by atoms with Crippen LogP contribution in [0.3, 0.4) is 0 Å². The molecule has 2 rings (SSSR count). The molecule has 1 atom stereocenters. The molecule has 0 bridgehead atoms. The van der Waals surface area contributed by atoms with Gasteiger partial charge in [-0.3, -0.25) is 0 Å². The highest BCUT2D eigenvalue weighted by molar-refractivity contribution is 5.84. The Morgan fingerprint density at radius 3 is 2.40 bits per heavy atom. The fraction of sp³-hybridized carbons (Fsp3) is 0.467. The lowest BCUT2D eigenvalue weighted by Crippen LogP contribution is -2.55. The van der Waals surface area contributed by atoms with Crippen LogP contribution in [0.2, 0.25) is 0 Å². The van der Waals surface area contributed by atoms with E-state index in [-0.39, 0.29) is 6.03 Å². The van der Waals surface area contributed by atoms with Gasteiger partial charge in [0.15, 0.2) is 0 Å². The van der Waals surface area contributed by atoms with Crippen LogP contribution in [0.25, 0.3) is 0 Å². The maximum absolute atomic E-state index is 12.3. The van der Waals surface area contributed by atoms with E-state index in [1.54, 1.807) is 0 Å². The first kappa shape index (κ1) is 14.4. The fourth-order valence-electron chi connectivity index (χ4n) is 2.35. The van der Waals surface area contributed by atoms with E-state index in [1.165, 1.54) is 4.90 Å². The van der Waals surface area contributed by atoms with E-state index in [1.807, 2.05) is 45.0 Å². The Morgan fingerprint density at radius 2 is 1.85 bits per heavy atom. The molecule has 1 aromatic rings. The van der Waals surface area contributed by atoms with Crippen molar-refractivity contribution in [3.8, 4) is 0 Å². The van der Waals surface area contributed by atoms with Crippen molar-refractivity contribution in [1.82, 2.24) is 10.2 Å². The molecule has 0 radical (unpaired) electrons. The average Bonchev–Trinajstić information content (AvgIpc) is 2.35. The molecular formula is C15H20N2O3. The smallest absolute Gasteiger partial charge is 0.326 e. The quantitative estimate of drug-likeness (QED) is 0.824. The molecular weight excluding hydrogens is 256 g/mol. The minimum Gasteiger partial charge on any atom is -0.480 e. The molecule has 0 spiro atoms. The number of rotatable bonds is 1. The van der Waals surface area contributed by atoms with E-state index >= 15 is 0 Å². The van der Waals surface area contributed by atoms with Crippen LogP contribution in [-0.4, -0.2) is 33.6 Å². The van der Waals surface area contributed by atoms with Crippen LogP contribution in [0.1, 0.15) is 31.9 Å². The summed E-state index contributed by atoms with van der Waals surface area (Å²) >= 11 is 0. The Labute approximate surface area is 118 Å². The zero-order valence-electron chi connectivity index (χ0n) is 12.0. The zero-order valence-corrected chi connectivity index (χ0v) is 12.0. The lowest BCUT2D eigenvalue weighted by Gasteiger charge is -2.36. The summed E-state index contributed by atoms with van der Waals surface area (Å²) in [6, 6.07) is 6.50. The normalized spacial score (nSPS) is 18.4. The number of aliphatic carboxylic acids is 1. The molecule has 0 unspecified atom stereocenters. The van der Waals surface area contributed by atoms with Gasteiger partial charge in [-0.1, -0.05) is 24.3 Å². The summed E-state index contributed by atoms with van der Waals surface area (Å²) in [5, 5.41) is 12.2. The van der Waals surface area contributed by atoms with E-state index in [2.05, 4.69) is 5.32 Å². The monoisotopic (exact) mass is 276 g/mol. The summed E-state index contributed by atoms with van der Waals surface area (Å²) in [6.45, 7) is 5.95. The Kier molecular flexibility index (Phi) is 3.70. The number of amides is 2.